The summed E-state index contributed by atoms with van der Waals surface area (Å²) in [6.45, 7) is 1.47. The van der Waals surface area contributed by atoms with Crippen LogP contribution in [0.3, 0.4) is 0 Å². The Hall–Kier alpha value is -2.80. The van der Waals surface area contributed by atoms with E-state index in [9.17, 15) is 39.6 Å². The quantitative estimate of drug-likeness (QED) is 0.570. The van der Waals surface area contributed by atoms with E-state index >= 15 is 0 Å². The highest BCUT2D eigenvalue weighted by atomic mass is 32.2. The van der Waals surface area contributed by atoms with Crippen molar-refractivity contribution in [3.05, 3.63) is 53.1 Å². The lowest BCUT2D eigenvalue weighted by molar-refractivity contribution is -0.143. The highest BCUT2D eigenvalue weighted by molar-refractivity contribution is 7.89. The minimum absolute atomic E-state index is 0.0218. The van der Waals surface area contributed by atoms with Crippen molar-refractivity contribution >= 4 is 27.3 Å². The molecule has 1 fully saturated rings. The number of anilines is 2. The zero-order valence-corrected chi connectivity index (χ0v) is 19.3. The number of hydrogen-bond donors (Lipinski definition) is 0. The van der Waals surface area contributed by atoms with E-state index in [1.165, 1.54) is 24.0 Å². The van der Waals surface area contributed by atoms with Crippen molar-refractivity contribution in [2.45, 2.75) is 30.6 Å². The number of fused-ring (bicyclic) bond motifs is 1. The Balaban J connectivity index is 1.54. The standard InChI is InChI=1S/C22H21F6N3O3S/c1-14(32)31-5-4-15-10-19(2-3-20(15)31)35(33,34)30-8-6-29(7-9-30)18-12-16(21(23,24)25)11-17(13-18)22(26,27)28/h2-3,10-13H,4-9H2,1H3. The molecule has 13 heteroatoms. The van der Waals surface area contributed by atoms with Crippen LogP contribution in [0.5, 0.6) is 0 Å². The largest absolute Gasteiger partial charge is 0.416 e. The number of carbonyl (C=O) groups is 1. The van der Waals surface area contributed by atoms with Crippen molar-refractivity contribution in [2.75, 3.05) is 42.5 Å². The number of alkyl halides is 6. The number of benzene rings is 2. The second-order valence-electron chi connectivity index (χ2n) is 8.37. The van der Waals surface area contributed by atoms with E-state index in [0.29, 0.717) is 36.3 Å². The molecule has 190 valence electrons. The van der Waals surface area contributed by atoms with Crippen LogP contribution in [0, 0.1) is 0 Å². The van der Waals surface area contributed by atoms with E-state index in [-0.39, 0.29) is 48.7 Å². The SMILES string of the molecule is CC(=O)N1CCc2cc(S(=O)(=O)N3CCN(c4cc(C(F)(F)F)cc(C(F)(F)F)c4)CC3)ccc21. The van der Waals surface area contributed by atoms with Crippen molar-refractivity contribution in [2.24, 2.45) is 0 Å². The first-order chi connectivity index (χ1) is 16.2. The van der Waals surface area contributed by atoms with Crippen molar-refractivity contribution in [3.8, 4) is 0 Å². The average molecular weight is 521 g/mol. The Kier molecular flexibility index (Phi) is 6.29. The van der Waals surface area contributed by atoms with E-state index in [2.05, 4.69) is 0 Å². The molecule has 2 heterocycles. The number of rotatable bonds is 3. The van der Waals surface area contributed by atoms with Crippen LogP contribution in [0.15, 0.2) is 41.3 Å². The minimum Gasteiger partial charge on any atom is -0.369 e. The van der Waals surface area contributed by atoms with Crippen LogP contribution < -0.4 is 9.80 Å². The molecule has 0 unspecified atom stereocenters. The number of hydrogen-bond acceptors (Lipinski definition) is 4. The van der Waals surface area contributed by atoms with E-state index in [0.717, 1.165) is 4.31 Å². The molecule has 0 atom stereocenters. The van der Waals surface area contributed by atoms with Crippen molar-refractivity contribution < 1.29 is 39.6 Å². The topological polar surface area (TPSA) is 60.9 Å². The first-order valence-corrected chi connectivity index (χ1v) is 12.1. The molecular formula is C22H21F6N3O3S. The normalized spacial score (nSPS) is 17.6. The first-order valence-electron chi connectivity index (χ1n) is 10.6. The van der Waals surface area contributed by atoms with Crippen LogP contribution in [0.2, 0.25) is 0 Å². The molecule has 2 aliphatic heterocycles. The molecule has 6 nitrogen and oxygen atoms in total. The summed E-state index contributed by atoms with van der Waals surface area (Å²) in [5, 5.41) is 0. The predicted molar refractivity (Wildman–Crippen MR) is 116 cm³/mol. The fourth-order valence-corrected chi connectivity index (χ4v) is 5.80. The molecule has 35 heavy (non-hydrogen) atoms. The van der Waals surface area contributed by atoms with E-state index < -0.39 is 33.5 Å². The zero-order chi connectivity index (χ0) is 25.8. The maximum Gasteiger partial charge on any atom is 0.416 e. The molecule has 2 aliphatic rings. The van der Waals surface area contributed by atoms with Crippen molar-refractivity contribution in [1.29, 1.82) is 0 Å². The number of piperazine rings is 1. The summed E-state index contributed by atoms with van der Waals surface area (Å²) in [6.07, 6.45) is -9.43. The Bertz CT molecular complexity index is 1220. The maximum atomic E-state index is 13.2. The summed E-state index contributed by atoms with van der Waals surface area (Å²) >= 11 is 0. The molecule has 1 saturated heterocycles. The van der Waals surface area contributed by atoms with Crippen molar-refractivity contribution in [1.82, 2.24) is 4.31 Å². The van der Waals surface area contributed by atoms with Crippen LogP contribution in [0.1, 0.15) is 23.6 Å². The fraction of sp³-hybridized carbons (Fsp3) is 0.409. The van der Waals surface area contributed by atoms with Crippen LogP contribution in [-0.4, -0.2) is 51.4 Å². The summed E-state index contributed by atoms with van der Waals surface area (Å²) in [5.74, 6) is -0.154. The number of amides is 1. The lowest BCUT2D eigenvalue weighted by Crippen LogP contribution is -2.48. The van der Waals surface area contributed by atoms with E-state index in [1.54, 1.807) is 11.0 Å². The molecule has 0 spiro atoms. The first kappa shape index (κ1) is 25.3. The molecule has 0 bridgehead atoms. The van der Waals surface area contributed by atoms with Gasteiger partial charge in [0, 0.05) is 51.0 Å². The van der Waals surface area contributed by atoms with Crippen molar-refractivity contribution in [3.63, 3.8) is 0 Å². The smallest absolute Gasteiger partial charge is 0.369 e. The molecule has 4 rings (SSSR count). The lowest BCUT2D eigenvalue weighted by atomic mass is 10.1. The third kappa shape index (κ3) is 4.96. The Labute approximate surface area is 197 Å². The van der Waals surface area contributed by atoms with Crippen LogP contribution in [-0.2, 0) is 33.6 Å². The third-order valence-corrected chi connectivity index (χ3v) is 8.04. The highest BCUT2D eigenvalue weighted by Gasteiger charge is 2.38. The van der Waals surface area contributed by atoms with Gasteiger partial charge < -0.3 is 9.80 Å². The third-order valence-electron chi connectivity index (χ3n) is 6.14. The van der Waals surface area contributed by atoms with Crippen LogP contribution in [0.25, 0.3) is 0 Å². The number of nitrogens with zero attached hydrogens (tertiary/aromatic N) is 3. The lowest BCUT2D eigenvalue weighted by Gasteiger charge is -2.36. The predicted octanol–water partition coefficient (Wildman–Crippen LogP) is 4.14. The maximum absolute atomic E-state index is 13.2. The Morgan fingerprint density at radius 2 is 1.40 bits per heavy atom. The fourth-order valence-electron chi connectivity index (χ4n) is 4.32. The molecule has 2 aromatic carbocycles. The minimum atomic E-state index is -4.97. The summed E-state index contributed by atoms with van der Waals surface area (Å²) in [5.41, 5.74) is -1.76. The Morgan fingerprint density at radius 1 is 0.829 bits per heavy atom. The molecule has 1 amide bonds. The monoisotopic (exact) mass is 521 g/mol. The molecular weight excluding hydrogens is 500 g/mol. The summed E-state index contributed by atoms with van der Waals surface area (Å²) in [6, 6.07) is 5.80. The summed E-state index contributed by atoms with van der Waals surface area (Å²) in [4.78, 5) is 14.6. The van der Waals surface area contributed by atoms with Gasteiger partial charge in [0.25, 0.3) is 0 Å². The molecule has 2 aromatic rings. The number of sulfonamides is 1. The van der Waals surface area contributed by atoms with Gasteiger partial charge in [-0.05, 0) is 48.4 Å². The Morgan fingerprint density at radius 3 is 1.91 bits per heavy atom. The molecule has 0 aromatic heterocycles. The molecule has 0 radical (unpaired) electrons. The van der Waals surface area contributed by atoms with Gasteiger partial charge in [0.2, 0.25) is 15.9 Å². The van der Waals surface area contributed by atoms with Gasteiger partial charge in [-0.1, -0.05) is 0 Å². The van der Waals surface area contributed by atoms with Crippen LogP contribution in [0.4, 0.5) is 37.7 Å². The van der Waals surface area contributed by atoms with Gasteiger partial charge in [-0.25, -0.2) is 8.42 Å². The number of carbonyl (C=O) groups excluding carboxylic acids is 1. The summed E-state index contributed by atoms with van der Waals surface area (Å²) < 4.78 is 107. The van der Waals surface area contributed by atoms with Gasteiger partial charge in [0.15, 0.2) is 0 Å². The molecule has 0 saturated carbocycles. The van der Waals surface area contributed by atoms with Gasteiger partial charge in [0.1, 0.15) is 0 Å². The van der Waals surface area contributed by atoms with E-state index in [4.69, 9.17) is 0 Å². The second kappa shape index (κ2) is 8.70. The summed E-state index contributed by atoms with van der Waals surface area (Å²) in [7, 11) is -3.95. The second-order valence-corrected chi connectivity index (χ2v) is 10.3. The van der Waals surface area contributed by atoms with Gasteiger partial charge in [-0.15, -0.1) is 0 Å². The van der Waals surface area contributed by atoms with Crippen LogP contribution >= 0.6 is 0 Å². The molecule has 0 N–H and O–H groups in total. The van der Waals surface area contributed by atoms with Gasteiger partial charge in [0.05, 0.1) is 16.0 Å². The van der Waals surface area contributed by atoms with Gasteiger partial charge in [-0.3, -0.25) is 4.79 Å². The van der Waals surface area contributed by atoms with Gasteiger partial charge >= 0.3 is 12.4 Å². The average Bonchev–Trinajstić information content (AvgIpc) is 3.21. The highest BCUT2D eigenvalue weighted by Crippen LogP contribution is 2.39. The van der Waals surface area contributed by atoms with Gasteiger partial charge in [-0.2, -0.15) is 30.6 Å². The van der Waals surface area contributed by atoms with E-state index in [1.807, 2.05) is 0 Å². The number of halogens is 6. The molecule has 0 aliphatic carbocycles. The zero-order valence-electron chi connectivity index (χ0n) is 18.4.